The van der Waals surface area contributed by atoms with Crippen LogP contribution in [0.3, 0.4) is 0 Å². The molecule has 0 spiro atoms. The van der Waals surface area contributed by atoms with E-state index in [0.717, 1.165) is 11.3 Å². The SMILES string of the molecule is Cc1ccnc(C(N)Cc2cc(F)ccc2Cl)c1. The smallest absolute Gasteiger partial charge is 0.123 e. The Labute approximate surface area is 111 Å². The van der Waals surface area contributed by atoms with E-state index >= 15 is 0 Å². The van der Waals surface area contributed by atoms with E-state index in [9.17, 15) is 4.39 Å². The third kappa shape index (κ3) is 3.06. The van der Waals surface area contributed by atoms with Crippen molar-refractivity contribution in [1.29, 1.82) is 0 Å². The van der Waals surface area contributed by atoms with Crippen molar-refractivity contribution in [2.24, 2.45) is 5.73 Å². The van der Waals surface area contributed by atoms with Gasteiger partial charge < -0.3 is 5.73 Å². The van der Waals surface area contributed by atoms with E-state index in [1.165, 1.54) is 12.1 Å². The van der Waals surface area contributed by atoms with Gasteiger partial charge in [-0.25, -0.2) is 4.39 Å². The van der Waals surface area contributed by atoms with Gasteiger partial charge in [0, 0.05) is 11.2 Å². The third-order valence-electron chi connectivity index (χ3n) is 2.76. The van der Waals surface area contributed by atoms with Crippen LogP contribution in [0.1, 0.15) is 22.9 Å². The van der Waals surface area contributed by atoms with Gasteiger partial charge >= 0.3 is 0 Å². The number of benzene rings is 1. The minimum atomic E-state index is -0.307. The number of halogens is 2. The van der Waals surface area contributed by atoms with Crippen molar-refractivity contribution >= 4 is 11.6 Å². The summed E-state index contributed by atoms with van der Waals surface area (Å²) in [6.45, 7) is 1.98. The standard InChI is InChI=1S/C14H14ClFN2/c1-9-4-5-18-14(6-9)13(17)8-10-7-11(16)2-3-12(10)15/h2-7,13H,8,17H2,1H3. The summed E-state index contributed by atoms with van der Waals surface area (Å²) < 4.78 is 13.1. The second-order valence-electron chi connectivity index (χ2n) is 4.30. The average molecular weight is 265 g/mol. The van der Waals surface area contributed by atoms with Crippen LogP contribution in [-0.4, -0.2) is 4.98 Å². The highest BCUT2D eigenvalue weighted by molar-refractivity contribution is 6.31. The maximum Gasteiger partial charge on any atom is 0.123 e. The molecule has 4 heteroatoms. The zero-order valence-electron chi connectivity index (χ0n) is 10.0. The van der Waals surface area contributed by atoms with Gasteiger partial charge in [-0.3, -0.25) is 4.98 Å². The van der Waals surface area contributed by atoms with Crippen LogP contribution in [0.4, 0.5) is 4.39 Å². The Hall–Kier alpha value is -1.45. The highest BCUT2D eigenvalue weighted by Crippen LogP contribution is 2.22. The second-order valence-corrected chi connectivity index (χ2v) is 4.71. The van der Waals surface area contributed by atoms with E-state index in [1.807, 2.05) is 19.1 Å². The van der Waals surface area contributed by atoms with E-state index in [0.29, 0.717) is 17.0 Å². The van der Waals surface area contributed by atoms with Gasteiger partial charge in [-0.1, -0.05) is 11.6 Å². The number of hydrogen-bond acceptors (Lipinski definition) is 2. The molecule has 1 atom stereocenters. The zero-order chi connectivity index (χ0) is 13.1. The highest BCUT2D eigenvalue weighted by atomic mass is 35.5. The third-order valence-corrected chi connectivity index (χ3v) is 3.13. The first-order valence-corrected chi connectivity index (χ1v) is 6.06. The topological polar surface area (TPSA) is 38.9 Å². The molecule has 0 aliphatic heterocycles. The molecule has 0 aliphatic carbocycles. The fraction of sp³-hybridized carbons (Fsp3) is 0.214. The average Bonchev–Trinajstić information content (AvgIpc) is 2.34. The van der Waals surface area contributed by atoms with Crippen LogP contribution in [0.15, 0.2) is 36.5 Å². The molecule has 0 saturated heterocycles. The number of hydrogen-bond donors (Lipinski definition) is 1. The molecule has 1 heterocycles. The molecule has 0 bridgehead atoms. The van der Waals surface area contributed by atoms with Crippen molar-refractivity contribution in [3.8, 4) is 0 Å². The molecule has 1 aromatic heterocycles. The highest BCUT2D eigenvalue weighted by Gasteiger charge is 2.11. The van der Waals surface area contributed by atoms with Gasteiger partial charge in [-0.15, -0.1) is 0 Å². The molecular formula is C14H14ClFN2. The van der Waals surface area contributed by atoms with Crippen molar-refractivity contribution in [2.45, 2.75) is 19.4 Å². The van der Waals surface area contributed by atoms with Gasteiger partial charge in [0.2, 0.25) is 0 Å². The molecule has 2 aromatic rings. The minimum Gasteiger partial charge on any atom is -0.322 e. The molecule has 1 unspecified atom stereocenters. The number of nitrogens with zero attached hydrogens (tertiary/aromatic N) is 1. The molecule has 1 aromatic carbocycles. The molecule has 0 radical (unpaired) electrons. The van der Waals surface area contributed by atoms with Crippen LogP contribution >= 0.6 is 11.6 Å². The van der Waals surface area contributed by atoms with Crippen LogP contribution in [0.5, 0.6) is 0 Å². The molecule has 0 amide bonds. The summed E-state index contributed by atoms with van der Waals surface area (Å²) in [5.41, 5.74) is 8.66. The van der Waals surface area contributed by atoms with E-state index in [4.69, 9.17) is 17.3 Å². The van der Waals surface area contributed by atoms with Gasteiger partial charge in [0.1, 0.15) is 5.82 Å². The molecule has 2 nitrogen and oxygen atoms in total. The molecule has 0 fully saturated rings. The summed E-state index contributed by atoms with van der Waals surface area (Å²) in [6.07, 6.45) is 2.19. The van der Waals surface area contributed by atoms with Gasteiger partial charge in [0.05, 0.1) is 11.7 Å². The Kier molecular flexibility index (Phi) is 3.94. The van der Waals surface area contributed by atoms with Crippen LogP contribution in [0.25, 0.3) is 0 Å². The van der Waals surface area contributed by atoms with Gasteiger partial charge in [0.15, 0.2) is 0 Å². The quantitative estimate of drug-likeness (QED) is 0.923. The lowest BCUT2D eigenvalue weighted by molar-refractivity contribution is 0.621. The molecular weight excluding hydrogens is 251 g/mol. The zero-order valence-corrected chi connectivity index (χ0v) is 10.8. The Morgan fingerprint density at radius 3 is 2.83 bits per heavy atom. The van der Waals surface area contributed by atoms with Crippen molar-refractivity contribution in [1.82, 2.24) is 4.98 Å². The normalized spacial score (nSPS) is 12.4. The number of aryl methyl sites for hydroxylation is 1. The summed E-state index contributed by atoms with van der Waals surface area (Å²) in [6, 6.07) is 7.84. The van der Waals surface area contributed by atoms with Crippen LogP contribution in [-0.2, 0) is 6.42 Å². The molecule has 2 N–H and O–H groups in total. The van der Waals surface area contributed by atoms with E-state index in [2.05, 4.69) is 4.98 Å². The van der Waals surface area contributed by atoms with Crippen molar-refractivity contribution in [2.75, 3.05) is 0 Å². The van der Waals surface area contributed by atoms with Crippen LogP contribution < -0.4 is 5.73 Å². The van der Waals surface area contributed by atoms with Gasteiger partial charge in [-0.2, -0.15) is 0 Å². The first kappa shape index (κ1) is 13.0. The van der Waals surface area contributed by atoms with Gasteiger partial charge in [-0.05, 0) is 54.8 Å². The van der Waals surface area contributed by atoms with E-state index in [1.54, 1.807) is 12.3 Å². The fourth-order valence-electron chi connectivity index (χ4n) is 1.80. The Morgan fingerprint density at radius 2 is 2.11 bits per heavy atom. The monoisotopic (exact) mass is 264 g/mol. The summed E-state index contributed by atoms with van der Waals surface area (Å²) >= 11 is 6.02. The minimum absolute atomic E-state index is 0.288. The number of aromatic nitrogens is 1. The maximum absolute atomic E-state index is 13.1. The first-order chi connectivity index (χ1) is 8.56. The number of rotatable bonds is 3. The summed E-state index contributed by atoms with van der Waals surface area (Å²) in [5.74, 6) is -0.307. The Balaban J connectivity index is 2.21. The van der Waals surface area contributed by atoms with E-state index in [-0.39, 0.29) is 11.9 Å². The predicted molar refractivity (Wildman–Crippen MR) is 71.0 cm³/mol. The van der Waals surface area contributed by atoms with E-state index < -0.39 is 0 Å². The molecule has 18 heavy (non-hydrogen) atoms. The fourth-order valence-corrected chi connectivity index (χ4v) is 2.00. The van der Waals surface area contributed by atoms with Crippen molar-refractivity contribution in [3.63, 3.8) is 0 Å². The second kappa shape index (κ2) is 5.46. The van der Waals surface area contributed by atoms with Gasteiger partial charge in [0.25, 0.3) is 0 Å². The van der Waals surface area contributed by atoms with Crippen LogP contribution in [0, 0.1) is 12.7 Å². The lowest BCUT2D eigenvalue weighted by Crippen LogP contribution is -2.15. The van der Waals surface area contributed by atoms with Crippen LogP contribution in [0.2, 0.25) is 5.02 Å². The lowest BCUT2D eigenvalue weighted by atomic mass is 10.0. The predicted octanol–water partition coefficient (Wildman–Crippen LogP) is 3.43. The first-order valence-electron chi connectivity index (χ1n) is 5.68. The summed E-state index contributed by atoms with van der Waals surface area (Å²) in [7, 11) is 0. The molecule has 94 valence electrons. The molecule has 0 aliphatic rings. The Bertz CT molecular complexity index is 557. The van der Waals surface area contributed by atoms with Crippen molar-refractivity contribution in [3.05, 3.63) is 64.2 Å². The largest absolute Gasteiger partial charge is 0.322 e. The maximum atomic E-state index is 13.1. The van der Waals surface area contributed by atoms with Crippen molar-refractivity contribution < 1.29 is 4.39 Å². The summed E-state index contributed by atoms with van der Waals surface area (Å²) in [5, 5.41) is 0.527. The number of nitrogens with two attached hydrogens (primary N) is 1. The number of pyridine rings is 1. The summed E-state index contributed by atoms with van der Waals surface area (Å²) in [4.78, 5) is 4.23. The Morgan fingerprint density at radius 1 is 1.33 bits per heavy atom. The molecule has 2 rings (SSSR count). The molecule has 0 saturated carbocycles. The lowest BCUT2D eigenvalue weighted by Gasteiger charge is -2.12.